The Morgan fingerprint density at radius 1 is 1.04 bits per heavy atom. The maximum absolute atomic E-state index is 4.41. The number of benzene rings is 1. The molecule has 0 aliphatic heterocycles. The van der Waals surface area contributed by atoms with E-state index in [1.54, 1.807) is 7.05 Å². The fourth-order valence-corrected chi connectivity index (χ4v) is 2.60. The first-order valence-electron chi connectivity index (χ1n) is 8.41. The summed E-state index contributed by atoms with van der Waals surface area (Å²) < 4.78 is 2.14. The Kier molecular flexibility index (Phi) is 8.14. The Balaban J connectivity index is 0.00000243. The number of nitrogens with zero attached hydrogens (tertiary/aromatic N) is 3. The average molecular weight is 461 g/mol. The lowest BCUT2D eigenvalue weighted by molar-refractivity contribution is 0.665. The molecule has 0 spiro atoms. The standard InChI is InChI=1S/C20H23N5.HI/c1-21-20(23-11-14-25-12-4-5-13-25)24-16-17-7-6-8-18(15-17)19-9-2-3-10-22-19;/h2-10,12-13,15H,11,14,16H2,1H3,(H2,21,23,24);1H. The Bertz CT molecular complexity index is 800. The summed E-state index contributed by atoms with van der Waals surface area (Å²) in [5.74, 6) is 0.801. The smallest absolute Gasteiger partial charge is 0.191 e. The predicted octanol–water partition coefficient (Wildman–Crippen LogP) is 3.53. The fraction of sp³-hybridized carbons (Fsp3) is 0.200. The highest BCUT2D eigenvalue weighted by Gasteiger charge is 2.02. The summed E-state index contributed by atoms with van der Waals surface area (Å²) in [4.78, 5) is 8.68. The Labute approximate surface area is 171 Å². The van der Waals surface area contributed by atoms with E-state index in [0.29, 0.717) is 6.54 Å². The molecule has 0 atom stereocenters. The van der Waals surface area contributed by atoms with Gasteiger partial charge in [-0.05, 0) is 35.9 Å². The number of halogens is 1. The molecule has 0 fully saturated rings. The van der Waals surface area contributed by atoms with E-state index in [9.17, 15) is 0 Å². The van der Waals surface area contributed by atoms with Crippen molar-refractivity contribution in [2.75, 3.05) is 13.6 Å². The number of pyridine rings is 1. The molecular formula is C20H24IN5. The van der Waals surface area contributed by atoms with Crippen molar-refractivity contribution in [2.24, 2.45) is 4.99 Å². The molecule has 0 saturated carbocycles. The van der Waals surface area contributed by atoms with Crippen LogP contribution in [0.2, 0.25) is 0 Å². The molecule has 0 unspecified atom stereocenters. The number of hydrogen-bond acceptors (Lipinski definition) is 2. The van der Waals surface area contributed by atoms with E-state index in [1.807, 2.05) is 36.5 Å². The van der Waals surface area contributed by atoms with E-state index >= 15 is 0 Å². The van der Waals surface area contributed by atoms with Gasteiger partial charge in [-0.25, -0.2) is 0 Å². The van der Waals surface area contributed by atoms with Gasteiger partial charge in [-0.15, -0.1) is 24.0 Å². The van der Waals surface area contributed by atoms with Crippen LogP contribution in [-0.4, -0.2) is 29.1 Å². The first-order valence-corrected chi connectivity index (χ1v) is 8.41. The molecule has 0 aliphatic rings. The van der Waals surface area contributed by atoms with Crippen LogP contribution in [0.4, 0.5) is 0 Å². The topological polar surface area (TPSA) is 54.2 Å². The van der Waals surface area contributed by atoms with Crippen LogP contribution in [0.3, 0.4) is 0 Å². The molecule has 1 aromatic carbocycles. The molecule has 0 saturated heterocycles. The largest absolute Gasteiger partial charge is 0.355 e. The van der Waals surface area contributed by atoms with E-state index in [2.05, 4.69) is 61.8 Å². The molecule has 0 radical (unpaired) electrons. The van der Waals surface area contributed by atoms with E-state index in [0.717, 1.165) is 30.3 Å². The zero-order valence-corrected chi connectivity index (χ0v) is 17.1. The van der Waals surface area contributed by atoms with E-state index in [1.165, 1.54) is 5.56 Å². The molecule has 2 aromatic heterocycles. The first kappa shape index (κ1) is 20.0. The van der Waals surface area contributed by atoms with Gasteiger partial charge in [0.1, 0.15) is 0 Å². The zero-order chi connectivity index (χ0) is 17.3. The molecule has 3 aromatic rings. The number of aromatic nitrogens is 2. The van der Waals surface area contributed by atoms with E-state index in [4.69, 9.17) is 0 Å². The molecule has 3 rings (SSSR count). The number of rotatable bonds is 6. The zero-order valence-electron chi connectivity index (χ0n) is 14.8. The summed E-state index contributed by atoms with van der Waals surface area (Å²) in [5.41, 5.74) is 3.30. The summed E-state index contributed by atoms with van der Waals surface area (Å²) in [7, 11) is 1.79. The van der Waals surface area contributed by atoms with Crippen molar-refractivity contribution in [3.05, 3.63) is 78.8 Å². The predicted molar refractivity (Wildman–Crippen MR) is 118 cm³/mol. The van der Waals surface area contributed by atoms with Gasteiger partial charge in [-0.3, -0.25) is 9.98 Å². The Hall–Kier alpha value is -2.35. The van der Waals surface area contributed by atoms with Gasteiger partial charge in [0.05, 0.1) is 5.69 Å². The van der Waals surface area contributed by atoms with Crippen molar-refractivity contribution in [3.8, 4) is 11.3 Å². The minimum Gasteiger partial charge on any atom is -0.355 e. The van der Waals surface area contributed by atoms with Crippen LogP contribution in [0.5, 0.6) is 0 Å². The normalized spacial score (nSPS) is 10.9. The molecule has 26 heavy (non-hydrogen) atoms. The monoisotopic (exact) mass is 461 g/mol. The highest BCUT2D eigenvalue weighted by Crippen LogP contribution is 2.17. The number of hydrogen-bond donors (Lipinski definition) is 2. The average Bonchev–Trinajstić information content (AvgIpc) is 3.19. The van der Waals surface area contributed by atoms with Gasteiger partial charge >= 0.3 is 0 Å². The highest BCUT2D eigenvalue weighted by atomic mass is 127. The van der Waals surface area contributed by atoms with Gasteiger partial charge in [0.2, 0.25) is 0 Å². The fourth-order valence-electron chi connectivity index (χ4n) is 2.60. The Morgan fingerprint density at radius 3 is 2.62 bits per heavy atom. The molecule has 6 heteroatoms. The Morgan fingerprint density at radius 2 is 1.88 bits per heavy atom. The van der Waals surface area contributed by atoms with Crippen LogP contribution in [0.25, 0.3) is 11.3 Å². The molecule has 0 amide bonds. The second-order valence-electron chi connectivity index (χ2n) is 5.69. The van der Waals surface area contributed by atoms with Crippen molar-refractivity contribution in [2.45, 2.75) is 13.1 Å². The third-order valence-electron chi connectivity index (χ3n) is 3.90. The van der Waals surface area contributed by atoms with Gasteiger partial charge in [-0.2, -0.15) is 0 Å². The van der Waals surface area contributed by atoms with Gasteiger partial charge in [0, 0.05) is 50.8 Å². The summed E-state index contributed by atoms with van der Waals surface area (Å²) >= 11 is 0. The van der Waals surface area contributed by atoms with Gasteiger partial charge < -0.3 is 15.2 Å². The summed E-state index contributed by atoms with van der Waals surface area (Å²) in [6.45, 7) is 2.44. The van der Waals surface area contributed by atoms with Crippen molar-refractivity contribution in [1.29, 1.82) is 0 Å². The van der Waals surface area contributed by atoms with Crippen molar-refractivity contribution in [1.82, 2.24) is 20.2 Å². The number of aliphatic imine (C=N–C) groups is 1. The van der Waals surface area contributed by atoms with Gasteiger partial charge in [0.15, 0.2) is 5.96 Å². The SMILES string of the molecule is CN=C(NCCn1cccc1)NCc1cccc(-c2ccccn2)c1.I. The number of nitrogens with one attached hydrogen (secondary N) is 2. The maximum atomic E-state index is 4.41. The minimum atomic E-state index is 0. The minimum absolute atomic E-state index is 0. The lowest BCUT2D eigenvalue weighted by atomic mass is 10.1. The summed E-state index contributed by atoms with van der Waals surface area (Å²) in [5, 5.41) is 6.68. The van der Waals surface area contributed by atoms with Crippen LogP contribution in [0.1, 0.15) is 5.56 Å². The van der Waals surface area contributed by atoms with Crippen molar-refractivity contribution < 1.29 is 0 Å². The summed E-state index contributed by atoms with van der Waals surface area (Å²) in [6, 6.07) is 18.4. The molecular weight excluding hydrogens is 437 g/mol. The lowest BCUT2D eigenvalue weighted by Crippen LogP contribution is -2.38. The second-order valence-corrected chi connectivity index (χ2v) is 5.69. The first-order chi connectivity index (χ1) is 12.3. The highest BCUT2D eigenvalue weighted by molar-refractivity contribution is 14.0. The molecule has 0 aliphatic carbocycles. The summed E-state index contributed by atoms with van der Waals surface area (Å²) in [6.07, 6.45) is 5.93. The molecule has 5 nitrogen and oxygen atoms in total. The van der Waals surface area contributed by atoms with E-state index in [-0.39, 0.29) is 24.0 Å². The van der Waals surface area contributed by atoms with E-state index < -0.39 is 0 Å². The maximum Gasteiger partial charge on any atom is 0.191 e. The van der Waals surface area contributed by atoms with Crippen LogP contribution < -0.4 is 10.6 Å². The third kappa shape index (κ3) is 5.87. The van der Waals surface area contributed by atoms with Crippen LogP contribution >= 0.6 is 24.0 Å². The molecule has 2 N–H and O–H groups in total. The number of guanidine groups is 1. The lowest BCUT2D eigenvalue weighted by Gasteiger charge is -2.13. The van der Waals surface area contributed by atoms with Crippen molar-refractivity contribution in [3.63, 3.8) is 0 Å². The van der Waals surface area contributed by atoms with Crippen LogP contribution in [-0.2, 0) is 13.1 Å². The van der Waals surface area contributed by atoms with Gasteiger partial charge in [0.25, 0.3) is 0 Å². The quantitative estimate of drug-likeness (QED) is 0.336. The second kappa shape index (κ2) is 10.6. The molecule has 136 valence electrons. The molecule has 0 bridgehead atoms. The van der Waals surface area contributed by atoms with Crippen LogP contribution in [0.15, 0.2) is 78.2 Å². The van der Waals surface area contributed by atoms with Crippen molar-refractivity contribution >= 4 is 29.9 Å². The molecule has 2 heterocycles. The van der Waals surface area contributed by atoms with Crippen LogP contribution in [0, 0.1) is 0 Å². The van der Waals surface area contributed by atoms with Gasteiger partial charge in [-0.1, -0.05) is 24.3 Å². The third-order valence-corrected chi connectivity index (χ3v) is 3.90.